The molecule has 7 nitrogen and oxygen atoms in total. The van der Waals surface area contributed by atoms with Crippen molar-refractivity contribution in [1.82, 2.24) is 25.1 Å². The molecule has 0 amide bonds. The third-order valence-corrected chi connectivity index (χ3v) is 4.69. The Balaban J connectivity index is 1.39. The van der Waals surface area contributed by atoms with Gasteiger partial charge in [0.15, 0.2) is 0 Å². The van der Waals surface area contributed by atoms with Gasteiger partial charge in [0.25, 0.3) is 0 Å². The van der Waals surface area contributed by atoms with E-state index < -0.39 is 5.97 Å². The summed E-state index contributed by atoms with van der Waals surface area (Å²) in [6, 6.07) is 9.53. The molecule has 1 N–H and O–H groups in total. The van der Waals surface area contributed by atoms with Crippen molar-refractivity contribution < 1.29 is 9.90 Å². The zero-order valence-corrected chi connectivity index (χ0v) is 14.4. The molecule has 1 atom stereocenters. The van der Waals surface area contributed by atoms with Crippen LogP contribution in [0.15, 0.2) is 30.3 Å². The van der Waals surface area contributed by atoms with Gasteiger partial charge in [0.1, 0.15) is 6.04 Å². The average Bonchev–Trinajstić information content (AvgIpc) is 3.11. The lowest BCUT2D eigenvalue weighted by atomic mass is 10.0. The Morgan fingerprint density at radius 1 is 1.12 bits per heavy atom. The smallest absolute Gasteiger partial charge is 0.320 e. The van der Waals surface area contributed by atoms with Crippen LogP contribution in [0.25, 0.3) is 11.4 Å². The summed E-state index contributed by atoms with van der Waals surface area (Å²) in [6.07, 6.45) is 5.91. The van der Waals surface area contributed by atoms with Gasteiger partial charge in [-0.15, -0.1) is 10.2 Å². The third-order valence-electron chi connectivity index (χ3n) is 4.69. The fraction of sp³-hybridized carbons (Fsp3) is 0.556. The van der Waals surface area contributed by atoms with Gasteiger partial charge in [-0.05, 0) is 44.0 Å². The van der Waals surface area contributed by atoms with Crippen molar-refractivity contribution in [3.8, 4) is 11.4 Å². The van der Waals surface area contributed by atoms with Gasteiger partial charge < -0.3 is 5.11 Å². The van der Waals surface area contributed by atoms with E-state index in [4.69, 9.17) is 0 Å². The van der Waals surface area contributed by atoms with Crippen LogP contribution in [-0.2, 0) is 11.3 Å². The molecule has 1 fully saturated rings. The van der Waals surface area contributed by atoms with Crippen molar-refractivity contribution in [3.63, 3.8) is 0 Å². The van der Waals surface area contributed by atoms with Crippen LogP contribution in [0, 0.1) is 0 Å². The van der Waals surface area contributed by atoms with Crippen molar-refractivity contribution in [3.05, 3.63) is 30.3 Å². The molecule has 0 bridgehead atoms. The van der Waals surface area contributed by atoms with Crippen LogP contribution < -0.4 is 0 Å². The molecular formula is C18H25N5O2. The van der Waals surface area contributed by atoms with Crippen molar-refractivity contribution in [2.45, 2.75) is 51.1 Å². The lowest BCUT2D eigenvalue weighted by Crippen LogP contribution is -2.44. The predicted molar refractivity (Wildman–Crippen MR) is 94.0 cm³/mol. The predicted octanol–water partition coefficient (Wildman–Crippen LogP) is 2.45. The van der Waals surface area contributed by atoms with Gasteiger partial charge in [-0.3, -0.25) is 9.69 Å². The second-order valence-corrected chi connectivity index (χ2v) is 6.52. The Bertz CT molecular complexity index is 673. The number of aryl methyl sites for hydroxylation is 1. The number of hydrogen-bond donors (Lipinski definition) is 1. The van der Waals surface area contributed by atoms with Crippen LogP contribution >= 0.6 is 0 Å². The molecule has 0 saturated carbocycles. The molecule has 0 aliphatic carbocycles. The fourth-order valence-corrected chi connectivity index (χ4v) is 3.32. The first-order valence-corrected chi connectivity index (χ1v) is 9.04. The second kappa shape index (κ2) is 8.71. The van der Waals surface area contributed by atoms with Crippen LogP contribution in [0.1, 0.15) is 38.5 Å². The van der Waals surface area contributed by atoms with Gasteiger partial charge in [-0.2, -0.15) is 4.80 Å². The molecule has 25 heavy (non-hydrogen) atoms. The summed E-state index contributed by atoms with van der Waals surface area (Å²) in [7, 11) is 0. The van der Waals surface area contributed by atoms with Crippen molar-refractivity contribution in [2.75, 3.05) is 13.1 Å². The monoisotopic (exact) mass is 343 g/mol. The van der Waals surface area contributed by atoms with Gasteiger partial charge in [0.05, 0.1) is 6.54 Å². The number of carboxylic acid groups (broad SMARTS) is 1. The average molecular weight is 343 g/mol. The van der Waals surface area contributed by atoms with Crippen molar-refractivity contribution in [2.24, 2.45) is 0 Å². The van der Waals surface area contributed by atoms with E-state index in [0.717, 1.165) is 63.7 Å². The molecule has 2 aromatic rings. The van der Waals surface area contributed by atoms with Crippen LogP contribution in [0.2, 0.25) is 0 Å². The SMILES string of the molecule is O=C(O)C1CCCCN1CCCCCn1nnc(-c2ccccc2)n1. The minimum Gasteiger partial charge on any atom is -0.480 e. The Labute approximate surface area is 147 Å². The molecule has 7 heteroatoms. The first kappa shape index (κ1) is 17.5. The van der Waals surface area contributed by atoms with E-state index in [2.05, 4.69) is 20.3 Å². The number of rotatable bonds is 8. The highest BCUT2D eigenvalue weighted by molar-refractivity contribution is 5.73. The molecule has 134 valence electrons. The molecule has 0 radical (unpaired) electrons. The van der Waals surface area contributed by atoms with E-state index in [9.17, 15) is 9.90 Å². The van der Waals surface area contributed by atoms with E-state index in [0.29, 0.717) is 5.82 Å². The topological polar surface area (TPSA) is 84.1 Å². The standard InChI is InChI=1S/C18H25N5O2/c24-18(25)16-11-5-8-13-22(16)12-6-2-7-14-23-20-17(19-21-23)15-9-3-1-4-10-15/h1,3-4,9-10,16H,2,5-8,11-14H2,(H,24,25). The molecule has 1 aliphatic heterocycles. The van der Waals surface area contributed by atoms with Gasteiger partial charge in [-0.1, -0.05) is 43.2 Å². The van der Waals surface area contributed by atoms with E-state index >= 15 is 0 Å². The van der Waals surface area contributed by atoms with E-state index in [1.54, 1.807) is 4.80 Å². The minimum absolute atomic E-state index is 0.292. The number of aromatic nitrogens is 4. The Kier molecular flexibility index (Phi) is 6.11. The molecule has 1 aromatic heterocycles. The summed E-state index contributed by atoms with van der Waals surface area (Å²) in [5.41, 5.74) is 0.971. The maximum absolute atomic E-state index is 11.3. The normalized spacial score (nSPS) is 18.3. The maximum atomic E-state index is 11.3. The first-order chi connectivity index (χ1) is 12.2. The van der Waals surface area contributed by atoms with Gasteiger partial charge in [-0.25, -0.2) is 0 Å². The number of benzene rings is 1. The number of unbranched alkanes of at least 4 members (excludes halogenated alkanes) is 2. The van der Waals surface area contributed by atoms with E-state index in [1.165, 1.54) is 0 Å². The summed E-state index contributed by atoms with van der Waals surface area (Å²) < 4.78 is 0. The highest BCUT2D eigenvalue weighted by Gasteiger charge is 2.27. The molecule has 1 aromatic carbocycles. The molecule has 0 spiro atoms. The fourth-order valence-electron chi connectivity index (χ4n) is 3.32. The van der Waals surface area contributed by atoms with Crippen LogP contribution in [0.4, 0.5) is 0 Å². The quantitative estimate of drug-likeness (QED) is 0.741. The molecule has 1 saturated heterocycles. The molecular weight excluding hydrogens is 318 g/mol. The number of likely N-dealkylation sites (tertiary alicyclic amines) is 1. The zero-order valence-electron chi connectivity index (χ0n) is 14.4. The number of aliphatic carboxylic acids is 1. The van der Waals surface area contributed by atoms with Crippen molar-refractivity contribution >= 4 is 5.97 Å². The van der Waals surface area contributed by atoms with E-state index in [-0.39, 0.29) is 6.04 Å². The Morgan fingerprint density at radius 2 is 1.92 bits per heavy atom. The summed E-state index contributed by atoms with van der Waals surface area (Å²) in [4.78, 5) is 15.0. The van der Waals surface area contributed by atoms with E-state index in [1.807, 2.05) is 30.3 Å². The second-order valence-electron chi connectivity index (χ2n) is 6.52. The number of nitrogens with zero attached hydrogens (tertiary/aromatic N) is 5. The van der Waals surface area contributed by atoms with Crippen LogP contribution in [-0.4, -0.2) is 55.3 Å². The highest BCUT2D eigenvalue weighted by atomic mass is 16.4. The van der Waals surface area contributed by atoms with Crippen LogP contribution in [0.5, 0.6) is 0 Å². The summed E-state index contributed by atoms with van der Waals surface area (Å²) >= 11 is 0. The molecule has 2 heterocycles. The zero-order chi connectivity index (χ0) is 17.5. The lowest BCUT2D eigenvalue weighted by Gasteiger charge is -2.32. The lowest BCUT2D eigenvalue weighted by molar-refractivity contribution is -0.144. The van der Waals surface area contributed by atoms with Crippen LogP contribution in [0.3, 0.4) is 0 Å². The Hall–Kier alpha value is -2.28. The summed E-state index contributed by atoms with van der Waals surface area (Å²) in [5, 5.41) is 21.9. The maximum Gasteiger partial charge on any atom is 0.320 e. The molecule has 1 aliphatic rings. The van der Waals surface area contributed by atoms with Crippen molar-refractivity contribution in [1.29, 1.82) is 0 Å². The minimum atomic E-state index is -0.681. The van der Waals surface area contributed by atoms with Gasteiger partial charge in [0.2, 0.25) is 5.82 Å². The number of hydrogen-bond acceptors (Lipinski definition) is 5. The van der Waals surface area contributed by atoms with Gasteiger partial charge in [0, 0.05) is 5.56 Å². The first-order valence-electron chi connectivity index (χ1n) is 9.04. The third kappa shape index (κ3) is 4.85. The number of tetrazole rings is 1. The number of carbonyl (C=O) groups is 1. The largest absolute Gasteiger partial charge is 0.480 e. The molecule has 3 rings (SSSR count). The number of piperidine rings is 1. The number of carboxylic acids is 1. The summed E-state index contributed by atoms with van der Waals surface area (Å²) in [5.74, 6) is -0.0295. The van der Waals surface area contributed by atoms with Gasteiger partial charge >= 0.3 is 5.97 Å². The Morgan fingerprint density at radius 3 is 2.72 bits per heavy atom. The summed E-state index contributed by atoms with van der Waals surface area (Å²) in [6.45, 7) is 2.50. The molecule has 1 unspecified atom stereocenters. The highest BCUT2D eigenvalue weighted by Crippen LogP contribution is 2.18.